The number of ether oxygens (including phenoxy) is 1. The summed E-state index contributed by atoms with van der Waals surface area (Å²) in [4.78, 5) is 4.26. The van der Waals surface area contributed by atoms with Crippen molar-refractivity contribution in [3.8, 4) is 0 Å². The van der Waals surface area contributed by atoms with Gasteiger partial charge in [0.1, 0.15) is 11.6 Å². The van der Waals surface area contributed by atoms with E-state index in [2.05, 4.69) is 10.3 Å². The third-order valence-corrected chi connectivity index (χ3v) is 2.61. The van der Waals surface area contributed by atoms with Gasteiger partial charge in [0.25, 0.3) is 0 Å². The van der Waals surface area contributed by atoms with Crippen molar-refractivity contribution < 1.29 is 13.5 Å². The number of aromatic nitrogens is 2. The average molecular weight is 267 g/mol. The lowest BCUT2D eigenvalue weighted by molar-refractivity contribution is 0.188. The maximum Gasteiger partial charge on any atom is 0.207 e. The fraction of sp³-hybridized carbons (Fsp3) is 0.308. The molecule has 0 saturated heterocycles. The Kier molecular flexibility index (Phi) is 4.11. The van der Waals surface area contributed by atoms with Gasteiger partial charge in [-0.15, -0.1) is 0 Å². The van der Waals surface area contributed by atoms with Gasteiger partial charge in [0.2, 0.25) is 5.95 Å². The first-order valence-corrected chi connectivity index (χ1v) is 5.85. The van der Waals surface area contributed by atoms with Crippen LogP contribution in [0.3, 0.4) is 0 Å². The lowest BCUT2D eigenvalue weighted by atomic mass is 10.3. The number of imidazole rings is 1. The van der Waals surface area contributed by atoms with Crippen LogP contribution in [0, 0.1) is 18.6 Å². The molecule has 0 radical (unpaired) electrons. The monoisotopic (exact) mass is 267 g/mol. The lowest BCUT2D eigenvalue weighted by Gasteiger charge is -2.10. The number of nitrogens with zero attached hydrogens (tertiary/aromatic N) is 2. The standard InChI is InChI=1S/C13H15F2N3O/c1-9-8-18(5-6-19-2)13(16-9)17-12-4-3-10(14)7-11(12)15/h3-4,7-8H,5-6H2,1-2H3,(H,16,17). The second kappa shape index (κ2) is 5.79. The number of methoxy groups -OCH3 is 1. The Hall–Kier alpha value is -1.95. The summed E-state index contributed by atoms with van der Waals surface area (Å²) in [5, 5.41) is 2.85. The average Bonchev–Trinajstić information content (AvgIpc) is 2.70. The molecular formula is C13H15F2N3O. The topological polar surface area (TPSA) is 39.1 Å². The number of halogens is 2. The summed E-state index contributed by atoms with van der Waals surface area (Å²) < 4.78 is 33.2. The predicted molar refractivity (Wildman–Crippen MR) is 68.5 cm³/mol. The maximum atomic E-state index is 13.6. The van der Waals surface area contributed by atoms with Crippen LogP contribution in [0.2, 0.25) is 0 Å². The van der Waals surface area contributed by atoms with E-state index in [-0.39, 0.29) is 5.69 Å². The zero-order valence-corrected chi connectivity index (χ0v) is 10.8. The van der Waals surface area contributed by atoms with Crippen LogP contribution in [-0.2, 0) is 11.3 Å². The van der Waals surface area contributed by atoms with Crippen molar-refractivity contribution in [2.45, 2.75) is 13.5 Å². The van der Waals surface area contributed by atoms with Crippen LogP contribution < -0.4 is 5.32 Å². The number of rotatable bonds is 5. The molecule has 1 aromatic carbocycles. The molecule has 1 N–H and O–H groups in total. The van der Waals surface area contributed by atoms with E-state index in [4.69, 9.17) is 4.74 Å². The first kappa shape index (κ1) is 13.5. The van der Waals surface area contributed by atoms with Gasteiger partial charge < -0.3 is 14.6 Å². The number of anilines is 2. The number of hydrogen-bond acceptors (Lipinski definition) is 3. The van der Waals surface area contributed by atoms with Gasteiger partial charge in [-0.25, -0.2) is 13.8 Å². The fourth-order valence-electron chi connectivity index (χ4n) is 1.72. The molecule has 2 rings (SSSR count). The molecule has 0 spiro atoms. The molecule has 2 aromatic rings. The minimum absolute atomic E-state index is 0.186. The van der Waals surface area contributed by atoms with Gasteiger partial charge in [0.05, 0.1) is 18.0 Å². The molecule has 1 heterocycles. The van der Waals surface area contributed by atoms with Gasteiger partial charge in [0.15, 0.2) is 0 Å². The zero-order valence-electron chi connectivity index (χ0n) is 10.8. The van der Waals surface area contributed by atoms with Crippen LogP contribution in [0.4, 0.5) is 20.4 Å². The molecule has 6 heteroatoms. The Morgan fingerprint density at radius 3 is 2.84 bits per heavy atom. The van der Waals surface area contributed by atoms with E-state index in [9.17, 15) is 8.78 Å². The van der Waals surface area contributed by atoms with E-state index in [1.165, 1.54) is 12.1 Å². The highest BCUT2D eigenvalue weighted by Crippen LogP contribution is 2.20. The molecule has 0 bridgehead atoms. The van der Waals surface area contributed by atoms with Crippen LogP contribution in [0.5, 0.6) is 0 Å². The first-order valence-electron chi connectivity index (χ1n) is 5.85. The van der Waals surface area contributed by atoms with Crippen molar-refractivity contribution in [2.24, 2.45) is 0 Å². The molecule has 0 amide bonds. The highest BCUT2D eigenvalue weighted by atomic mass is 19.1. The number of nitrogens with one attached hydrogen (secondary N) is 1. The normalized spacial score (nSPS) is 10.7. The largest absolute Gasteiger partial charge is 0.383 e. The molecule has 0 aliphatic carbocycles. The summed E-state index contributed by atoms with van der Waals surface area (Å²) in [7, 11) is 1.61. The number of hydrogen-bond donors (Lipinski definition) is 1. The van der Waals surface area contributed by atoms with Crippen LogP contribution in [0.15, 0.2) is 24.4 Å². The summed E-state index contributed by atoms with van der Waals surface area (Å²) in [5.41, 5.74) is 0.992. The number of aryl methyl sites for hydroxylation is 1. The van der Waals surface area contributed by atoms with E-state index in [0.717, 1.165) is 11.8 Å². The third kappa shape index (κ3) is 3.29. The molecule has 0 unspecified atom stereocenters. The Morgan fingerprint density at radius 1 is 1.37 bits per heavy atom. The minimum Gasteiger partial charge on any atom is -0.383 e. The van der Waals surface area contributed by atoms with Crippen LogP contribution in [-0.4, -0.2) is 23.3 Å². The predicted octanol–water partition coefficient (Wildman–Crippen LogP) is 2.86. The summed E-state index contributed by atoms with van der Waals surface area (Å²) in [5.74, 6) is -0.763. The molecular weight excluding hydrogens is 252 g/mol. The van der Waals surface area contributed by atoms with Crippen molar-refractivity contribution in [1.82, 2.24) is 9.55 Å². The third-order valence-electron chi connectivity index (χ3n) is 2.61. The fourth-order valence-corrected chi connectivity index (χ4v) is 1.72. The summed E-state index contributed by atoms with van der Waals surface area (Å²) in [6.07, 6.45) is 1.84. The van der Waals surface area contributed by atoms with Crippen molar-refractivity contribution in [1.29, 1.82) is 0 Å². The van der Waals surface area contributed by atoms with E-state index in [1.54, 1.807) is 7.11 Å². The Morgan fingerprint density at radius 2 is 2.16 bits per heavy atom. The second-order valence-corrected chi connectivity index (χ2v) is 4.14. The molecule has 1 aromatic heterocycles. The number of benzene rings is 1. The van der Waals surface area contributed by atoms with Crippen LogP contribution >= 0.6 is 0 Å². The molecule has 0 saturated carbocycles. The van der Waals surface area contributed by atoms with Crippen LogP contribution in [0.25, 0.3) is 0 Å². The van der Waals surface area contributed by atoms with Crippen molar-refractivity contribution in [2.75, 3.05) is 19.0 Å². The van der Waals surface area contributed by atoms with Crippen LogP contribution in [0.1, 0.15) is 5.69 Å². The van der Waals surface area contributed by atoms with Crippen molar-refractivity contribution in [3.63, 3.8) is 0 Å². The Balaban J connectivity index is 2.22. The smallest absolute Gasteiger partial charge is 0.207 e. The van der Waals surface area contributed by atoms with Gasteiger partial charge in [-0.05, 0) is 19.1 Å². The van der Waals surface area contributed by atoms with Gasteiger partial charge >= 0.3 is 0 Å². The van der Waals surface area contributed by atoms with Crippen molar-refractivity contribution >= 4 is 11.6 Å². The van der Waals surface area contributed by atoms with Crippen molar-refractivity contribution in [3.05, 3.63) is 41.7 Å². The van der Waals surface area contributed by atoms with E-state index in [0.29, 0.717) is 19.1 Å². The van der Waals surface area contributed by atoms with Gasteiger partial charge in [-0.3, -0.25) is 0 Å². The molecule has 0 aliphatic rings. The molecule has 19 heavy (non-hydrogen) atoms. The minimum atomic E-state index is -0.654. The van der Waals surface area contributed by atoms with E-state index < -0.39 is 11.6 Å². The lowest BCUT2D eigenvalue weighted by Crippen LogP contribution is -2.07. The molecule has 0 aliphatic heterocycles. The van der Waals surface area contributed by atoms with Gasteiger partial charge in [0, 0.05) is 25.9 Å². The molecule has 102 valence electrons. The van der Waals surface area contributed by atoms with E-state index in [1.807, 2.05) is 17.7 Å². The highest BCUT2D eigenvalue weighted by Gasteiger charge is 2.09. The Bertz CT molecular complexity index is 569. The molecule has 0 fully saturated rings. The van der Waals surface area contributed by atoms with Gasteiger partial charge in [-0.1, -0.05) is 0 Å². The summed E-state index contributed by atoms with van der Waals surface area (Å²) in [6.45, 7) is 2.97. The summed E-state index contributed by atoms with van der Waals surface area (Å²) in [6, 6.07) is 3.37. The SMILES string of the molecule is COCCn1cc(C)nc1Nc1ccc(F)cc1F. The maximum absolute atomic E-state index is 13.6. The highest BCUT2D eigenvalue weighted by molar-refractivity contribution is 5.54. The molecule has 4 nitrogen and oxygen atoms in total. The summed E-state index contributed by atoms with van der Waals surface area (Å²) >= 11 is 0. The van der Waals surface area contributed by atoms with Gasteiger partial charge in [-0.2, -0.15) is 0 Å². The second-order valence-electron chi connectivity index (χ2n) is 4.14. The van der Waals surface area contributed by atoms with E-state index >= 15 is 0 Å². The Labute approximate surface area is 110 Å². The molecule has 0 atom stereocenters. The zero-order chi connectivity index (χ0) is 13.8. The quantitative estimate of drug-likeness (QED) is 0.905. The first-order chi connectivity index (χ1) is 9.10.